The minimum absolute atomic E-state index is 0.0665. The Kier molecular flexibility index (Phi) is 5.47. The molecular weight excluding hydrogens is 483 g/mol. The number of carbonyl (C=O) groups excluding carboxylic acids is 1. The average molecular weight is 504 g/mol. The van der Waals surface area contributed by atoms with Gasteiger partial charge in [0.2, 0.25) is 0 Å². The van der Waals surface area contributed by atoms with Crippen molar-refractivity contribution in [2.45, 2.75) is 49.3 Å². The molecule has 0 aliphatic carbocycles. The fourth-order valence-corrected chi connectivity index (χ4v) is 7.51. The summed E-state index contributed by atoms with van der Waals surface area (Å²) < 4.78 is 58.1. The Morgan fingerprint density at radius 2 is 2.06 bits per heavy atom. The molecule has 0 saturated carbocycles. The lowest BCUT2D eigenvalue weighted by molar-refractivity contribution is 0.0561. The molecule has 178 valence electrons. The zero-order valence-electron chi connectivity index (χ0n) is 17.9. The van der Waals surface area contributed by atoms with Gasteiger partial charge in [0.15, 0.2) is 5.69 Å². The third-order valence-electron chi connectivity index (χ3n) is 6.06. The van der Waals surface area contributed by atoms with Gasteiger partial charge in [-0.3, -0.25) is 9.79 Å². The minimum Gasteiger partial charge on any atom is -0.386 e. The quantitative estimate of drug-likeness (QED) is 0.661. The van der Waals surface area contributed by atoms with E-state index in [2.05, 4.69) is 24.8 Å². The van der Waals surface area contributed by atoms with Crippen LogP contribution < -0.4 is 11.1 Å². The van der Waals surface area contributed by atoms with Gasteiger partial charge in [-0.15, -0.1) is 0 Å². The number of rotatable bonds is 4. The van der Waals surface area contributed by atoms with Crippen molar-refractivity contribution in [3.05, 3.63) is 40.6 Å². The number of nitrogens with one attached hydrogen (secondary N) is 1. The smallest absolute Gasteiger partial charge is 0.333 e. The number of nitrogens with zero attached hydrogens (tertiary/aromatic N) is 5. The van der Waals surface area contributed by atoms with Crippen molar-refractivity contribution in [2.75, 3.05) is 11.9 Å². The second-order valence-corrected chi connectivity index (χ2v) is 11.8. The molecule has 33 heavy (non-hydrogen) atoms. The maximum Gasteiger partial charge on any atom is 0.333 e. The first-order valence-electron chi connectivity index (χ1n) is 9.89. The number of alkyl halides is 2. The van der Waals surface area contributed by atoms with Crippen LogP contribution in [-0.2, 0) is 15.3 Å². The standard InChI is InChI=1S/C19H21ClF3N7O2S/c1-18(2)16(24)28-19(3,11-6-7-25-33(11,18)32)14-10(21)4-5-12(26-14)27-15(31)13-9(20)8-30(29-13)17(22)23/h4-5,8,11,17H,6-7H2,1-3H3,(H2,24,28)(H,26,27,31)/t11-,19-,33?/m0/s1. The summed E-state index contributed by atoms with van der Waals surface area (Å²) in [4.78, 5) is 21.3. The second kappa shape index (κ2) is 7.69. The zero-order chi connectivity index (χ0) is 24.3. The van der Waals surface area contributed by atoms with Crippen molar-refractivity contribution < 1.29 is 22.2 Å². The molecule has 4 heterocycles. The lowest BCUT2D eigenvalue weighted by Gasteiger charge is -2.44. The van der Waals surface area contributed by atoms with Gasteiger partial charge in [0.1, 0.15) is 33.5 Å². The molecule has 2 aromatic heterocycles. The Hall–Kier alpha value is -2.67. The van der Waals surface area contributed by atoms with Gasteiger partial charge in [0.25, 0.3) is 5.91 Å². The van der Waals surface area contributed by atoms with Crippen LogP contribution in [0, 0.1) is 5.82 Å². The highest BCUT2D eigenvalue weighted by Crippen LogP contribution is 2.47. The van der Waals surface area contributed by atoms with Crippen LogP contribution in [0.5, 0.6) is 0 Å². The van der Waals surface area contributed by atoms with Gasteiger partial charge in [-0.05, 0) is 39.3 Å². The molecule has 3 atom stereocenters. The van der Waals surface area contributed by atoms with Crippen LogP contribution in [-0.4, -0.2) is 47.3 Å². The van der Waals surface area contributed by atoms with Crippen LogP contribution in [0.3, 0.4) is 0 Å². The summed E-state index contributed by atoms with van der Waals surface area (Å²) in [6, 6.07) is 2.26. The number of carbonyl (C=O) groups is 1. The van der Waals surface area contributed by atoms with E-state index in [1.165, 1.54) is 6.07 Å². The fourth-order valence-electron chi connectivity index (χ4n) is 4.14. The lowest BCUT2D eigenvalue weighted by Crippen LogP contribution is -2.58. The van der Waals surface area contributed by atoms with Gasteiger partial charge in [0, 0.05) is 6.54 Å². The number of halogens is 4. The van der Waals surface area contributed by atoms with E-state index in [1.54, 1.807) is 20.8 Å². The summed E-state index contributed by atoms with van der Waals surface area (Å²) >= 11 is 5.84. The first-order chi connectivity index (χ1) is 15.3. The molecule has 2 aromatic rings. The number of amides is 1. The highest BCUT2D eigenvalue weighted by Gasteiger charge is 2.57. The molecule has 1 amide bonds. The molecular formula is C19H21ClF3N7O2S. The maximum absolute atomic E-state index is 15.0. The lowest BCUT2D eigenvalue weighted by atomic mass is 9.89. The van der Waals surface area contributed by atoms with E-state index in [-0.39, 0.29) is 27.1 Å². The van der Waals surface area contributed by atoms with Crippen LogP contribution in [0.25, 0.3) is 0 Å². The molecule has 9 nitrogen and oxygen atoms in total. The number of aromatic nitrogens is 3. The number of fused-ring (bicyclic) bond motifs is 1. The van der Waals surface area contributed by atoms with Crippen molar-refractivity contribution in [3.8, 4) is 0 Å². The van der Waals surface area contributed by atoms with Crippen molar-refractivity contribution in [1.29, 1.82) is 0 Å². The fraction of sp³-hybridized carbons (Fsp3) is 0.474. The summed E-state index contributed by atoms with van der Waals surface area (Å²) in [6.45, 7) is 2.30. The van der Waals surface area contributed by atoms with Crippen LogP contribution in [0.15, 0.2) is 27.7 Å². The van der Waals surface area contributed by atoms with Gasteiger partial charge in [-0.25, -0.2) is 22.6 Å². The zero-order valence-corrected chi connectivity index (χ0v) is 19.4. The molecule has 0 fully saturated rings. The van der Waals surface area contributed by atoms with Gasteiger partial charge in [-0.2, -0.15) is 13.9 Å². The largest absolute Gasteiger partial charge is 0.386 e. The molecule has 2 aliphatic heterocycles. The number of amidine groups is 1. The molecule has 0 radical (unpaired) electrons. The first-order valence-corrected chi connectivity index (χ1v) is 11.8. The molecule has 0 aromatic carbocycles. The number of pyridine rings is 1. The van der Waals surface area contributed by atoms with Crippen molar-refractivity contribution in [3.63, 3.8) is 0 Å². The number of hydrogen-bond acceptors (Lipinski definition) is 7. The van der Waals surface area contributed by atoms with E-state index >= 15 is 0 Å². The Morgan fingerprint density at radius 3 is 2.70 bits per heavy atom. The molecule has 14 heteroatoms. The Morgan fingerprint density at radius 1 is 1.36 bits per heavy atom. The normalized spacial score (nSPS) is 28.2. The first kappa shape index (κ1) is 23.5. The van der Waals surface area contributed by atoms with Crippen molar-refractivity contribution in [2.24, 2.45) is 15.1 Å². The van der Waals surface area contributed by atoms with Crippen LogP contribution in [0.1, 0.15) is 49.9 Å². The van der Waals surface area contributed by atoms with E-state index in [0.717, 1.165) is 12.3 Å². The van der Waals surface area contributed by atoms with Crippen molar-refractivity contribution in [1.82, 2.24) is 14.8 Å². The number of aliphatic imine (C=N–C) groups is 1. The molecule has 4 rings (SSSR count). The minimum atomic E-state index is -2.98. The average Bonchev–Trinajstić information content (AvgIpc) is 3.33. The van der Waals surface area contributed by atoms with E-state index in [0.29, 0.717) is 13.0 Å². The summed E-state index contributed by atoms with van der Waals surface area (Å²) in [5, 5.41) is 4.89. The van der Waals surface area contributed by atoms with E-state index < -0.39 is 49.2 Å². The highest BCUT2D eigenvalue weighted by molar-refractivity contribution is 7.96. The van der Waals surface area contributed by atoms with Crippen LogP contribution in [0.2, 0.25) is 5.02 Å². The Balaban J connectivity index is 1.74. The van der Waals surface area contributed by atoms with Gasteiger partial charge >= 0.3 is 6.55 Å². The van der Waals surface area contributed by atoms with Crippen molar-refractivity contribution >= 4 is 38.9 Å². The number of nitrogens with two attached hydrogens (primary N) is 1. The molecule has 1 unspecified atom stereocenters. The van der Waals surface area contributed by atoms with E-state index in [4.69, 9.17) is 17.3 Å². The third kappa shape index (κ3) is 3.48. The third-order valence-corrected chi connectivity index (χ3v) is 10.0. The van der Waals surface area contributed by atoms with Crippen LogP contribution >= 0.6 is 11.6 Å². The van der Waals surface area contributed by atoms with Gasteiger partial charge < -0.3 is 11.1 Å². The Bertz CT molecular complexity index is 1300. The summed E-state index contributed by atoms with van der Waals surface area (Å²) in [7, 11) is -2.91. The summed E-state index contributed by atoms with van der Waals surface area (Å²) in [5.74, 6) is -1.68. The molecule has 0 bridgehead atoms. The topological polar surface area (TPSA) is 128 Å². The predicted octanol–water partition coefficient (Wildman–Crippen LogP) is 3.32. The predicted molar refractivity (Wildman–Crippen MR) is 118 cm³/mol. The van der Waals surface area contributed by atoms with Crippen LogP contribution in [0.4, 0.5) is 19.0 Å². The Labute approximate surface area is 192 Å². The SMILES string of the molecule is CC1(C)C(N)=N[C@](C)(c2nc(NC(=O)c3nn(C(F)F)cc3Cl)ccc2F)[C@@H]2CCN=S21=O. The number of anilines is 1. The summed E-state index contributed by atoms with van der Waals surface area (Å²) in [5.41, 5.74) is 4.14. The van der Waals surface area contributed by atoms with Gasteiger partial charge in [0.05, 0.1) is 26.2 Å². The van der Waals surface area contributed by atoms with Gasteiger partial charge in [-0.1, -0.05) is 11.6 Å². The summed E-state index contributed by atoms with van der Waals surface area (Å²) in [6.07, 6.45) is 1.21. The monoisotopic (exact) mass is 503 g/mol. The molecule has 0 saturated heterocycles. The van der Waals surface area contributed by atoms with E-state index in [1.807, 2.05) is 0 Å². The molecule has 2 aliphatic rings. The molecule has 3 N–H and O–H groups in total. The number of hydrogen-bond donors (Lipinski definition) is 2. The molecule has 0 spiro atoms. The second-order valence-electron chi connectivity index (χ2n) is 8.42. The van der Waals surface area contributed by atoms with E-state index in [9.17, 15) is 22.2 Å². The maximum atomic E-state index is 15.0. The highest BCUT2D eigenvalue weighted by atomic mass is 35.5.